The molecule has 1 aromatic heterocycles. The van der Waals surface area contributed by atoms with E-state index in [1.807, 2.05) is 23.2 Å². The van der Waals surface area contributed by atoms with Gasteiger partial charge in [-0.25, -0.2) is 4.98 Å². The third-order valence-corrected chi connectivity index (χ3v) is 6.27. The number of imidazole rings is 1. The largest absolute Gasteiger partial charge is 0.496 e. The summed E-state index contributed by atoms with van der Waals surface area (Å²) in [4.78, 5) is 15.9. The minimum atomic E-state index is -0.112. The van der Waals surface area contributed by atoms with Gasteiger partial charge in [0.25, 0.3) is 0 Å². The van der Waals surface area contributed by atoms with Crippen LogP contribution < -0.4 is 10.1 Å². The molecule has 6 nitrogen and oxygen atoms in total. The average Bonchev–Trinajstić information content (AvgIpc) is 3.21. The number of aromatic nitrogens is 2. The molecule has 1 saturated carbocycles. The number of hydrogen-bond acceptors (Lipinski definition) is 4. The van der Waals surface area contributed by atoms with Crippen molar-refractivity contribution in [1.82, 2.24) is 14.9 Å². The van der Waals surface area contributed by atoms with Gasteiger partial charge in [-0.2, -0.15) is 0 Å². The minimum Gasteiger partial charge on any atom is -0.496 e. The van der Waals surface area contributed by atoms with E-state index in [-0.39, 0.29) is 23.7 Å². The summed E-state index contributed by atoms with van der Waals surface area (Å²) in [5, 5.41) is 3.17. The first kappa shape index (κ1) is 20.0. The minimum absolute atomic E-state index is 0.0221. The Balaban J connectivity index is 1.61. The summed E-state index contributed by atoms with van der Waals surface area (Å²) in [6, 6.07) is 6.48. The first-order valence-corrected chi connectivity index (χ1v) is 10.6. The maximum absolute atomic E-state index is 11.8. The molecule has 1 saturated heterocycles. The third-order valence-electron chi connectivity index (χ3n) is 6.27. The van der Waals surface area contributed by atoms with E-state index in [0.29, 0.717) is 6.54 Å². The summed E-state index contributed by atoms with van der Waals surface area (Å²) in [6.45, 7) is 2.30. The standard InChI is InChI=1S/C23H31N3O3/c1-17(27)25-20-13-22(29-23(14-20)8-4-3-5-9-23)18-6-7-21(28-2)19(12-18)15-26-11-10-24-16-26/h6-7,10-12,16,20,22H,3-5,8-9,13-15H2,1-2H3,(H,25,27)/t20-,22-/m1/s1. The fourth-order valence-corrected chi connectivity index (χ4v) is 5.01. The highest BCUT2D eigenvalue weighted by molar-refractivity contribution is 5.73. The molecule has 2 aromatic rings. The van der Waals surface area contributed by atoms with Crippen LogP contribution in [0.4, 0.5) is 0 Å². The van der Waals surface area contributed by atoms with Crippen molar-refractivity contribution >= 4 is 5.91 Å². The molecule has 0 radical (unpaired) electrons. The van der Waals surface area contributed by atoms with Crippen LogP contribution in [0.15, 0.2) is 36.9 Å². The Hall–Kier alpha value is -2.34. The molecule has 1 aliphatic carbocycles. The molecule has 0 bridgehead atoms. The molecular formula is C23H31N3O3. The summed E-state index contributed by atoms with van der Waals surface area (Å²) in [5.74, 6) is 0.904. The molecular weight excluding hydrogens is 366 g/mol. The molecule has 4 rings (SSSR count). The number of benzene rings is 1. The summed E-state index contributed by atoms with van der Waals surface area (Å²) in [7, 11) is 1.70. The molecule has 2 atom stereocenters. The van der Waals surface area contributed by atoms with Gasteiger partial charge in [-0.15, -0.1) is 0 Å². The highest BCUT2D eigenvalue weighted by Gasteiger charge is 2.43. The lowest BCUT2D eigenvalue weighted by Crippen LogP contribution is -2.50. The monoisotopic (exact) mass is 397 g/mol. The molecule has 1 aromatic carbocycles. The van der Waals surface area contributed by atoms with Gasteiger partial charge in [0.05, 0.1) is 31.7 Å². The number of ether oxygens (including phenoxy) is 2. The third kappa shape index (κ3) is 4.64. The van der Waals surface area contributed by atoms with Crippen LogP contribution in [0.2, 0.25) is 0 Å². The van der Waals surface area contributed by atoms with Crippen LogP contribution in [0.3, 0.4) is 0 Å². The Labute approximate surface area is 172 Å². The number of carbonyl (C=O) groups is 1. The van der Waals surface area contributed by atoms with Gasteiger partial charge in [0.1, 0.15) is 5.75 Å². The van der Waals surface area contributed by atoms with E-state index >= 15 is 0 Å². The van der Waals surface area contributed by atoms with Crippen molar-refractivity contribution in [3.05, 3.63) is 48.0 Å². The average molecular weight is 398 g/mol. The van der Waals surface area contributed by atoms with Crippen LogP contribution >= 0.6 is 0 Å². The van der Waals surface area contributed by atoms with Crippen molar-refractivity contribution in [2.75, 3.05) is 7.11 Å². The number of nitrogens with zero attached hydrogens (tertiary/aromatic N) is 2. The summed E-state index contributed by atoms with van der Waals surface area (Å²) >= 11 is 0. The molecule has 6 heteroatoms. The van der Waals surface area contributed by atoms with E-state index in [0.717, 1.165) is 42.6 Å². The van der Waals surface area contributed by atoms with Crippen molar-refractivity contribution in [3.8, 4) is 5.75 Å². The van der Waals surface area contributed by atoms with Crippen LogP contribution in [0.1, 0.15) is 69.1 Å². The van der Waals surface area contributed by atoms with Gasteiger partial charge >= 0.3 is 0 Å². The van der Waals surface area contributed by atoms with Crippen LogP contribution in [0.5, 0.6) is 5.75 Å². The Bertz CT molecular complexity index is 828. The number of carbonyl (C=O) groups excluding carboxylic acids is 1. The maximum atomic E-state index is 11.8. The van der Waals surface area contributed by atoms with Gasteiger partial charge < -0.3 is 19.4 Å². The van der Waals surface area contributed by atoms with Crippen molar-refractivity contribution in [3.63, 3.8) is 0 Å². The van der Waals surface area contributed by atoms with E-state index in [4.69, 9.17) is 9.47 Å². The Morgan fingerprint density at radius 1 is 1.34 bits per heavy atom. The smallest absolute Gasteiger partial charge is 0.217 e. The van der Waals surface area contributed by atoms with Crippen molar-refractivity contribution < 1.29 is 14.3 Å². The van der Waals surface area contributed by atoms with E-state index in [1.165, 1.54) is 19.3 Å². The van der Waals surface area contributed by atoms with Crippen LogP contribution in [0, 0.1) is 0 Å². The zero-order valence-electron chi connectivity index (χ0n) is 17.4. The highest BCUT2D eigenvalue weighted by atomic mass is 16.5. The lowest BCUT2D eigenvalue weighted by Gasteiger charge is -2.47. The molecule has 2 heterocycles. The fourth-order valence-electron chi connectivity index (χ4n) is 5.01. The highest BCUT2D eigenvalue weighted by Crippen LogP contribution is 2.45. The zero-order valence-corrected chi connectivity index (χ0v) is 17.4. The molecule has 1 N–H and O–H groups in total. The molecule has 1 amide bonds. The van der Waals surface area contributed by atoms with Gasteiger partial charge in [0.15, 0.2) is 0 Å². The first-order chi connectivity index (χ1) is 14.1. The normalized spacial score (nSPS) is 23.7. The second kappa shape index (κ2) is 8.57. The SMILES string of the molecule is COc1ccc([C@H]2C[C@@H](NC(C)=O)CC3(CCCCC3)O2)cc1Cn1ccnc1. The second-order valence-electron chi connectivity index (χ2n) is 8.49. The van der Waals surface area contributed by atoms with Crippen LogP contribution in [-0.4, -0.2) is 34.2 Å². The summed E-state index contributed by atoms with van der Waals surface area (Å²) in [6.07, 6.45) is 13.1. The van der Waals surface area contributed by atoms with Gasteiger partial charge in [0, 0.05) is 30.9 Å². The number of rotatable bonds is 5. The molecule has 0 unspecified atom stereocenters. The van der Waals surface area contributed by atoms with Gasteiger partial charge in [0.2, 0.25) is 5.91 Å². The number of methoxy groups -OCH3 is 1. The first-order valence-electron chi connectivity index (χ1n) is 10.6. The van der Waals surface area contributed by atoms with E-state index < -0.39 is 0 Å². The van der Waals surface area contributed by atoms with Crippen molar-refractivity contribution in [2.24, 2.45) is 0 Å². The zero-order chi connectivity index (χ0) is 20.3. The maximum Gasteiger partial charge on any atom is 0.217 e. The molecule has 1 spiro atoms. The van der Waals surface area contributed by atoms with Crippen molar-refractivity contribution in [1.29, 1.82) is 0 Å². The van der Waals surface area contributed by atoms with E-state index in [9.17, 15) is 4.79 Å². The van der Waals surface area contributed by atoms with E-state index in [1.54, 1.807) is 20.2 Å². The van der Waals surface area contributed by atoms with Gasteiger partial charge in [-0.1, -0.05) is 25.3 Å². The Kier molecular flexibility index (Phi) is 5.90. The molecule has 29 heavy (non-hydrogen) atoms. The molecule has 156 valence electrons. The lowest BCUT2D eigenvalue weighted by molar-refractivity contribution is -0.158. The summed E-state index contributed by atoms with van der Waals surface area (Å²) < 4.78 is 14.4. The van der Waals surface area contributed by atoms with Gasteiger partial charge in [-0.05, 0) is 43.4 Å². The Morgan fingerprint density at radius 3 is 2.86 bits per heavy atom. The second-order valence-corrected chi connectivity index (χ2v) is 8.49. The number of amides is 1. The lowest BCUT2D eigenvalue weighted by atomic mass is 9.76. The predicted octanol–water partition coefficient (Wildman–Crippen LogP) is 4.00. The topological polar surface area (TPSA) is 65.4 Å². The quantitative estimate of drug-likeness (QED) is 0.828. The summed E-state index contributed by atoms with van der Waals surface area (Å²) in [5.41, 5.74) is 2.14. The number of nitrogens with one attached hydrogen (secondary N) is 1. The number of hydrogen-bond donors (Lipinski definition) is 1. The molecule has 2 fully saturated rings. The fraction of sp³-hybridized carbons (Fsp3) is 0.565. The van der Waals surface area contributed by atoms with Gasteiger partial charge in [-0.3, -0.25) is 4.79 Å². The van der Waals surface area contributed by atoms with E-state index in [2.05, 4.69) is 22.4 Å². The van der Waals surface area contributed by atoms with Crippen LogP contribution in [-0.2, 0) is 16.1 Å². The Morgan fingerprint density at radius 2 is 2.17 bits per heavy atom. The molecule has 1 aliphatic heterocycles. The van der Waals surface area contributed by atoms with Crippen LogP contribution in [0.25, 0.3) is 0 Å². The predicted molar refractivity (Wildman–Crippen MR) is 111 cm³/mol. The molecule has 2 aliphatic rings. The van der Waals surface area contributed by atoms with Crippen molar-refractivity contribution in [2.45, 2.75) is 76.2 Å².